The number of amides is 3. The van der Waals surface area contributed by atoms with Crippen molar-refractivity contribution in [2.45, 2.75) is 38.3 Å². The molecule has 2 aromatic rings. The van der Waals surface area contributed by atoms with Crippen molar-refractivity contribution < 1.29 is 9.59 Å². The molecule has 0 aliphatic carbocycles. The minimum Gasteiger partial charge on any atom is -0.343 e. The third-order valence-corrected chi connectivity index (χ3v) is 6.13. The third-order valence-electron chi connectivity index (χ3n) is 6.13. The maximum absolute atomic E-state index is 12.6. The molecule has 0 atom stereocenters. The topological polar surface area (TPSA) is 68.8 Å². The number of aromatic nitrogens is 1. The molecular weight excluding hydrogens is 402 g/mol. The Labute approximate surface area is 191 Å². The minimum absolute atomic E-state index is 0.0861. The Bertz CT molecular complexity index is 838. The number of nitrogens with one attached hydrogen (secondary N) is 1. The molecule has 1 fully saturated rings. The first-order valence-corrected chi connectivity index (χ1v) is 11.4. The lowest BCUT2D eigenvalue weighted by molar-refractivity contribution is -0.132. The van der Waals surface area contributed by atoms with E-state index in [1.165, 1.54) is 0 Å². The van der Waals surface area contributed by atoms with Gasteiger partial charge < -0.3 is 20.0 Å². The number of carbonyl (C=O) groups excluding carboxylic acids is 2. The van der Waals surface area contributed by atoms with E-state index in [0.29, 0.717) is 19.5 Å². The molecular formula is C25H35N5O2. The van der Waals surface area contributed by atoms with Crippen LogP contribution in [0, 0.1) is 0 Å². The Balaban J connectivity index is 1.32. The second-order valence-corrected chi connectivity index (χ2v) is 8.47. The largest absolute Gasteiger partial charge is 0.343 e. The molecule has 0 bridgehead atoms. The van der Waals surface area contributed by atoms with E-state index in [4.69, 9.17) is 0 Å². The van der Waals surface area contributed by atoms with E-state index in [9.17, 15) is 9.59 Å². The summed E-state index contributed by atoms with van der Waals surface area (Å²) in [4.78, 5) is 35.2. The van der Waals surface area contributed by atoms with Crippen molar-refractivity contribution in [2.75, 3.05) is 40.3 Å². The first-order chi connectivity index (χ1) is 15.5. The fourth-order valence-electron chi connectivity index (χ4n) is 4.07. The lowest BCUT2D eigenvalue weighted by Gasteiger charge is -2.36. The number of nitrogens with zero attached hydrogens (tertiary/aromatic N) is 4. The second-order valence-electron chi connectivity index (χ2n) is 8.47. The van der Waals surface area contributed by atoms with Crippen LogP contribution in [0.1, 0.15) is 30.5 Å². The van der Waals surface area contributed by atoms with Gasteiger partial charge in [0.05, 0.1) is 0 Å². The smallest absolute Gasteiger partial charge is 0.317 e. The Morgan fingerprint density at radius 3 is 2.47 bits per heavy atom. The molecule has 2 heterocycles. The fraction of sp³-hybridized carbons (Fsp3) is 0.480. The molecule has 3 amide bonds. The van der Waals surface area contributed by atoms with E-state index in [0.717, 1.165) is 50.2 Å². The zero-order valence-corrected chi connectivity index (χ0v) is 19.2. The molecule has 32 heavy (non-hydrogen) atoms. The van der Waals surface area contributed by atoms with Crippen molar-refractivity contribution in [3.05, 3.63) is 66.0 Å². The van der Waals surface area contributed by atoms with Crippen molar-refractivity contribution in [3.63, 3.8) is 0 Å². The molecule has 0 unspecified atom stereocenters. The molecule has 7 heteroatoms. The number of hydrogen-bond donors (Lipinski definition) is 1. The molecule has 172 valence electrons. The predicted octanol–water partition coefficient (Wildman–Crippen LogP) is 2.78. The van der Waals surface area contributed by atoms with Crippen LogP contribution in [0.2, 0.25) is 0 Å². The van der Waals surface area contributed by atoms with E-state index in [-0.39, 0.29) is 18.0 Å². The summed E-state index contributed by atoms with van der Waals surface area (Å²) in [5, 5.41) is 2.86. The predicted molar refractivity (Wildman–Crippen MR) is 126 cm³/mol. The average molecular weight is 438 g/mol. The van der Waals surface area contributed by atoms with Gasteiger partial charge in [-0.15, -0.1) is 0 Å². The van der Waals surface area contributed by atoms with Crippen LogP contribution in [0.5, 0.6) is 0 Å². The van der Waals surface area contributed by atoms with E-state index in [1.807, 2.05) is 60.6 Å². The highest BCUT2D eigenvalue weighted by Crippen LogP contribution is 2.16. The highest BCUT2D eigenvalue weighted by Gasteiger charge is 2.25. The molecule has 3 rings (SSSR count). The van der Waals surface area contributed by atoms with Gasteiger partial charge in [0.15, 0.2) is 0 Å². The van der Waals surface area contributed by atoms with Gasteiger partial charge in [0.1, 0.15) is 0 Å². The zero-order valence-electron chi connectivity index (χ0n) is 19.2. The summed E-state index contributed by atoms with van der Waals surface area (Å²) in [7, 11) is 3.65. The molecule has 1 aliphatic heterocycles. The first kappa shape index (κ1) is 23.7. The van der Waals surface area contributed by atoms with Gasteiger partial charge in [0, 0.05) is 77.6 Å². The number of pyridine rings is 1. The van der Waals surface area contributed by atoms with Gasteiger partial charge in [0.25, 0.3) is 0 Å². The number of hydrogen-bond acceptors (Lipinski definition) is 4. The zero-order chi connectivity index (χ0) is 22.8. The van der Waals surface area contributed by atoms with Gasteiger partial charge in [-0.05, 0) is 30.5 Å². The van der Waals surface area contributed by atoms with Crippen LogP contribution < -0.4 is 5.32 Å². The van der Waals surface area contributed by atoms with Crippen LogP contribution in [-0.4, -0.2) is 77.9 Å². The van der Waals surface area contributed by atoms with Crippen LogP contribution in [0.25, 0.3) is 0 Å². The van der Waals surface area contributed by atoms with E-state index >= 15 is 0 Å². The van der Waals surface area contributed by atoms with Crippen LogP contribution in [-0.2, 0) is 17.8 Å². The number of carbonyl (C=O) groups is 2. The average Bonchev–Trinajstić information content (AvgIpc) is 2.83. The van der Waals surface area contributed by atoms with Gasteiger partial charge in [-0.3, -0.25) is 9.78 Å². The monoisotopic (exact) mass is 437 g/mol. The molecule has 7 nitrogen and oxygen atoms in total. The molecule has 1 saturated heterocycles. The lowest BCUT2D eigenvalue weighted by atomic mass is 10.0. The number of urea groups is 1. The maximum Gasteiger partial charge on any atom is 0.317 e. The number of benzene rings is 1. The van der Waals surface area contributed by atoms with Crippen LogP contribution >= 0.6 is 0 Å². The van der Waals surface area contributed by atoms with Gasteiger partial charge in [-0.25, -0.2) is 4.79 Å². The van der Waals surface area contributed by atoms with Crippen molar-refractivity contribution in [1.82, 2.24) is 25.0 Å². The quantitative estimate of drug-likeness (QED) is 0.655. The van der Waals surface area contributed by atoms with Crippen molar-refractivity contribution >= 4 is 11.9 Å². The van der Waals surface area contributed by atoms with Crippen molar-refractivity contribution in [1.29, 1.82) is 0 Å². The number of rotatable bonds is 9. The summed E-state index contributed by atoms with van der Waals surface area (Å²) in [6.07, 6.45) is 5.08. The van der Waals surface area contributed by atoms with E-state index in [1.54, 1.807) is 11.9 Å². The van der Waals surface area contributed by atoms with Crippen LogP contribution in [0.3, 0.4) is 0 Å². The molecule has 1 aliphatic rings. The fourth-order valence-corrected chi connectivity index (χ4v) is 4.07. The van der Waals surface area contributed by atoms with Gasteiger partial charge >= 0.3 is 6.03 Å². The highest BCUT2D eigenvalue weighted by atomic mass is 16.2. The Hall–Kier alpha value is -2.93. The lowest BCUT2D eigenvalue weighted by Crippen LogP contribution is -2.46. The minimum atomic E-state index is -0.162. The summed E-state index contributed by atoms with van der Waals surface area (Å²) < 4.78 is 0. The summed E-state index contributed by atoms with van der Waals surface area (Å²) in [5.74, 6) is 0.0861. The van der Waals surface area contributed by atoms with Crippen LogP contribution in [0.15, 0.2) is 54.7 Å². The van der Waals surface area contributed by atoms with Gasteiger partial charge in [0.2, 0.25) is 5.91 Å². The Morgan fingerprint density at radius 1 is 1.06 bits per heavy atom. The Kier molecular flexibility index (Phi) is 9.04. The van der Waals surface area contributed by atoms with Gasteiger partial charge in [-0.1, -0.05) is 36.4 Å². The standard InChI is InChI=1S/C25H35N5O2/c1-28(20-21-8-4-3-5-9-21)25(32)27-16-11-24(31)29(2)23-13-18-30(19-14-23)17-12-22-10-6-7-15-26-22/h3-10,15,23H,11-14,16-20H2,1-2H3,(H,27,32). The molecule has 0 saturated carbocycles. The molecule has 0 radical (unpaired) electrons. The maximum atomic E-state index is 12.6. The SMILES string of the molecule is CN(Cc1ccccc1)C(=O)NCCC(=O)N(C)C1CCN(CCc2ccccn2)CC1. The molecule has 0 spiro atoms. The summed E-state index contributed by atoms with van der Waals surface area (Å²) >= 11 is 0. The number of likely N-dealkylation sites (tertiary alicyclic amines) is 1. The van der Waals surface area contributed by atoms with Crippen molar-refractivity contribution in [2.24, 2.45) is 0 Å². The first-order valence-electron chi connectivity index (χ1n) is 11.4. The summed E-state index contributed by atoms with van der Waals surface area (Å²) in [5.41, 5.74) is 2.20. The molecule has 1 aromatic heterocycles. The summed E-state index contributed by atoms with van der Waals surface area (Å²) in [6.45, 7) is 3.89. The number of piperidine rings is 1. The second kappa shape index (κ2) is 12.2. The van der Waals surface area contributed by atoms with Crippen LogP contribution in [0.4, 0.5) is 4.79 Å². The third kappa shape index (κ3) is 7.34. The molecule has 1 aromatic carbocycles. The normalized spacial score (nSPS) is 14.7. The van der Waals surface area contributed by atoms with Gasteiger partial charge in [-0.2, -0.15) is 0 Å². The van der Waals surface area contributed by atoms with Crippen molar-refractivity contribution in [3.8, 4) is 0 Å². The van der Waals surface area contributed by atoms with E-state index < -0.39 is 0 Å². The Morgan fingerprint density at radius 2 is 1.78 bits per heavy atom. The molecule has 1 N–H and O–H groups in total. The highest BCUT2D eigenvalue weighted by molar-refractivity contribution is 5.78. The summed E-state index contributed by atoms with van der Waals surface area (Å²) in [6, 6.07) is 16.0. The van der Waals surface area contributed by atoms with E-state index in [2.05, 4.69) is 21.3 Å².